The van der Waals surface area contributed by atoms with E-state index in [1.165, 1.54) is 5.56 Å². The largest absolute Gasteiger partial charge is 0.359 e. The highest BCUT2D eigenvalue weighted by Crippen LogP contribution is 2.21. The van der Waals surface area contributed by atoms with Gasteiger partial charge in [-0.1, -0.05) is 44.2 Å². The van der Waals surface area contributed by atoms with Gasteiger partial charge in [0, 0.05) is 32.2 Å². The molecular weight excluding hydrogens is 387 g/mol. The van der Waals surface area contributed by atoms with Crippen LogP contribution in [0.2, 0.25) is 0 Å². The van der Waals surface area contributed by atoms with E-state index in [4.69, 9.17) is 0 Å². The van der Waals surface area contributed by atoms with Crippen LogP contribution in [0.5, 0.6) is 0 Å². The van der Waals surface area contributed by atoms with E-state index >= 15 is 0 Å². The molecule has 0 spiro atoms. The first-order valence-electron chi connectivity index (χ1n) is 7.81. The van der Waals surface area contributed by atoms with Crippen molar-refractivity contribution in [1.29, 1.82) is 0 Å². The molecule has 0 aliphatic carbocycles. The van der Waals surface area contributed by atoms with Crippen LogP contribution in [0.25, 0.3) is 0 Å². The molecule has 1 atom stereocenters. The molecule has 126 valence electrons. The molecule has 3 N–H and O–H groups in total. The lowest BCUT2D eigenvalue weighted by Gasteiger charge is -2.36. The van der Waals surface area contributed by atoms with E-state index < -0.39 is 0 Å². The van der Waals surface area contributed by atoms with Crippen molar-refractivity contribution in [3.8, 4) is 0 Å². The molecule has 0 radical (unpaired) electrons. The van der Waals surface area contributed by atoms with Gasteiger partial charge in [-0.2, -0.15) is 0 Å². The molecule has 0 heterocycles. The average molecular weight is 418 g/mol. The van der Waals surface area contributed by atoms with E-state index in [1.54, 1.807) is 7.05 Å². The average Bonchev–Trinajstić information content (AvgIpc) is 2.55. The Hall–Kier alpha value is -0.820. The second-order valence-electron chi connectivity index (χ2n) is 5.44. The zero-order valence-corrected chi connectivity index (χ0v) is 16.8. The SMILES string of the molecule is CCC(CC)(CNC(=NC)NC)NC(C)c1ccccc1.I. The van der Waals surface area contributed by atoms with Crippen LogP contribution in [0, 0.1) is 0 Å². The molecule has 0 saturated carbocycles. The number of benzene rings is 1. The summed E-state index contributed by atoms with van der Waals surface area (Å²) in [5.41, 5.74) is 1.38. The predicted molar refractivity (Wildman–Crippen MR) is 107 cm³/mol. The van der Waals surface area contributed by atoms with Crippen molar-refractivity contribution in [2.75, 3.05) is 20.6 Å². The zero-order chi connectivity index (χ0) is 15.7. The van der Waals surface area contributed by atoms with Crippen LogP contribution in [-0.4, -0.2) is 32.1 Å². The van der Waals surface area contributed by atoms with Crippen molar-refractivity contribution in [3.05, 3.63) is 35.9 Å². The highest BCUT2D eigenvalue weighted by molar-refractivity contribution is 14.0. The number of hydrogen-bond acceptors (Lipinski definition) is 2. The maximum atomic E-state index is 4.18. The molecule has 0 bridgehead atoms. The summed E-state index contributed by atoms with van der Waals surface area (Å²) in [4.78, 5) is 4.18. The highest BCUT2D eigenvalue weighted by atomic mass is 127. The van der Waals surface area contributed by atoms with Gasteiger partial charge in [0.15, 0.2) is 5.96 Å². The van der Waals surface area contributed by atoms with Crippen LogP contribution in [0.15, 0.2) is 35.3 Å². The van der Waals surface area contributed by atoms with Crippen molar-refractivity contribution in [2.45, 2.75) is 45.2 Å². The minimum absolute atomic E-state index is 0. The lowest BCUT2D eigenvalue weighted by Crippen LogP contribution is -2.54. The molecule has 1 aromatic rings. The summed E-state index contributed by atoms with van der Waals surface area (Å²) in [7, 11) is 3.67. The Morgan fingerprint density at radius 1 is 1.18 bits per heavy atom. The van der Waals surface area contributed by atoms with E-state index in [1.807, 2.05) is 7.05 Å². The summed E-state index contributed by atoms with van der Waals surface area (Å²) >= 11 is 0. The number of aliphatic imine (C=N–C) groups is 1. The lowest BCUT2D eigenvalue weighted by molar-refractivity contribution is 0.271. The molecule has 0 fully saturated rings. The van der Waals surface area contributed by atoms with Gasteiger partial charge in [-0.25, -0.2) is 0 Å². The van der Waals surface area contributed by atoms with Crippen LogP contribution in [0.1, 0.15) is 45.2 Å². The van der Waals surface area contributed by atoms with Gasteiger partial charge in [0.1, 0.15) is 0 Å². The van der Waals surface area contributed by atoms with Crippen molar-refractivity contribution in [3.63, 3.8) is 0 Å². The smallest absolute Gasteiger partial charge is 0.190 e. The molecule has 4 nitrogen and oxygen atoms in total. The van der Waals surface area contributed by atoms with E-state index in [2.05, 4.69) is 72.0 Å². The van der Waals surface area contributed by atoms with Gasteiger partial charge in [0.25, 0.3) is 0 Å². The third-order valence-corrected chi connectivity index (χ3v) is 4.23. The molecule has 1 unspecified atom stereocenters. The highest BCUT2D eigenvalue weighted by Gasteiger charge is 2.28. The molecule has 5 heteroatoms. The third-order valence-electron chi connectivity index (χ3n) is 4.23. The van der Waals surface area contributed by atoms with Gasteiger partial charge in [-0.3, -0.25) is 4.99 Å². The van der Waals surface area contributed by atoms with Crippen molar-refractivity contribution >= 4 is 29.9 Å². The maximum absolute atomic E-state index is 4.18. The summed E-state index contributed by atoms with van der Waals surface area (Å²) < 4.78 is 0. The van der Waals surface area contributed by atoms with Crippen LogP contribution in [0.4, 0.5) is 0 Å². The first-order chi connectivity index (χ1) is 10.1. The second kappa shape index (κ2) is 10.8. The van der Waals surface area contributed by atoms with Gasteiger partial charge in [-0.05, 0) is 25.3 Å². The van der Waals surface area contributed by atoms with Gasteiger partial charge in [0.05, 0.1) is 0 Å². The predicted octanol–water partition coefficient (Wildman–Crippen LogP) is 3.31. The normalized spacial score (nSPS) is 13.2. The molecular formula is C17H31IN4. The summed E-state index contributed by atoms with van der Waals surface area (Å²) in [6, 6.07) is 10.9. The summed E-state index contributed by atoms with van der Waals surface area (Å²) in [6.45, 7) is 7.54. The minimum Gasteiger partial charge on any atom is -0.359 e. The Labute approximate surface area is 152 Å². The van der Waals surface area contributed by atoms with E-state index in [9.17, 15) is 0 Å². The number of halogens is 1. The number of hydrogen-bond donors (Lipinski definition) is 3. The van der Waals surface area contributed by atoms with Gasteiger partial charge in [-0.15, -0.1) is 24.0 Å². The fourth-order valence-electron chi connectivity index (χ4n) is 2.57. The molecule has 0 amide bonds. The first-order valence-corrected chi connectivity index (χ1v) is 7.81. The molecule has 22 heavy (non-hydrogen) atoms. The van der Waals surface area contributed by atoms with E-state index in [-0.39, 0.29) is 29.5 Å². The third kappa shape index (κ3) is 6.12. The first kappa shape index (κ1) is 21.2. The minimum atomic E-state index is 0. The Morgan fingerprint density at radius 3 is 2.23 bits per heavy atom. The van der Waals surface area contributed by atoms with Crippen LogP contribution >= 0.6 is 24.0 Å². The Kier molecular flexibility index (Phi) is 10.4. The number of nitrogens with one attached hydrogen (secondary N) is 3. The van der Waals surface area contributed by atoms with Crippen LogP contribution in [-0.2, 0) is 0 Å². The number of guanidine groups is 1. The van der Waals surface area contributed by atoms with E-state index in [0.717, 1.165) is 25.3 Å². The molecule has 1 aromatic carbocycles. The molecule has 0 aliphatic heterocycles. The quantitative estimate of drug-likeness (QED) is 0.362. The Balaban J connectivity index is 0.00000441. The van der Waals surface area contributed by atoms with Crippen LogP contribution < -0.4 is 16.0 Å². The second-order valence-corrected chi connectivity index (χ2v) is 5.44. The Morgan fingerprint density at radius 2 is 1.77 bits per heavy atom. The monoisotopic (exact) mass is 418 g/mol. The fourth-order valence-corrected chi connectivity index (χ4v) is 2.57. The molecule has 0 saturated heterocycles. The van der Waals surface area contributed by atoms with Crippen molar-refractivity contribution in [2.24, 2.45) is 4.99 Å². The fraction of sp³-hybridized carbons (Fsp3) is 0.588. The van der Waals surface area contributed by atoms with Gasteiger partial charge < -0.3 is 16.0 Å². The lowest BCUT2D eigenvalue weighted by atomic mass is 9.90. The van der Waals surface area contributed by atoms with E-state index in [0.29, 0.717) is 6.04 Å². The van der Waals surface area contributed by atoms with Gasteiger partial charge in [0.2, 0.25) is 0 Å². The molecule has 1 rings (SSSR count). The van der Waals surface area contributed by atoms with Gasteiger partial charge >= 0.3 is 0 Å². The summed E-state index contributed by atoms with van der Waals surface area (Å²) in [5.74, 6) is 0.829. The zero-order valence-electron chi connectivity index (χ0n) is 14.4. The van der Waals surface area contributed by atoms with Crippen molar-refractivity contribution in [1.82, 2.24) is 16.0 Å². The number of rotatable bonds is 7. The topological polar surface area (TPSA) is 48.5 Å². The summed E-state index contributed by atoms with van der Waals surface area (Å²) in [6.07, 6.45) is 2.13. The Bertz CT molecular complexity index is 430. The molecule has 0 aliphatic rings. The summed E-state index contributed by atoms with van der Waals surface area (Å²) in [5, 5.41) is 10.3. The molecule has 0 aromatic heterocycles. The standard InChI is InChI=1S/C17H30N4.HI/c1-6-17(7-2,13-20-16(18-4)19-5)21-14(3)15-11-9-8-10-12-15;/h8-12,14,21H,6-7,13H2,1-5H3,(H2,18,19,20);1H. The number of nitrogens with zero attached hydrogens (tertiary/aromatic N) is 1. The van der Waals surface area contributed by atoms with Crippen LogP contribution in [0.3, 0.4) is 0 Å². The maximum Gasteiger partial charge on any atom is 0.190 e. The van der Waals surface area contributed by atoms with Crippen molar-refractivity contribution < 1.29 is 0 Å².